The predicted octanol–water partition coefficient (Wildman–Crippen LogP) is 1.58. The molecule has 15 heavy (non-hydrogen) atoms. The summed E-state index contributed by atoms with van der Waals surface area (Å²) in [5.74, 6) is -1.24. The highest BCUT2D eigenvalue weighted by atomic mass is 32.1. The smallest absolute Gasteiger partial charge is 0.303 e. The molecule has 1 heterocycles. The molecule has 0 unspecified atom stereocenters. The lowest BCUT2D eigenvalue weighted by molar-refractivity contribution is -0.138. The van der Waals surface area contributed by atoms with Gasteiger partial charge in [-0.1, -0.05) is 6.92 Å². The zero-order valence-corrected chi connectivity index (χ0v) is 9.08. The summed E-state index contributed by atoms with van der Waals surface area (Å²) in [6.45, 7) is 1.73. The Balaban J connectivity index is 2.33. The Hall–Kier alpha value is -1.43. The zero-order chi connectivity index (χ0) is 11.3. The molecule has 0 saturated carbocycles. The van der Waals surface area contributed by atoms with Crippen LogP contribution in [0.2, 0.25) is 0 Å². The van der Waals surface area contributed by atoms with E-state index in [0.29, 0.717) is 5.13 Å². The highest BCUT2D eigenvalue weighted by Gasteiger charge is 2.13. The average molecular weight is 228 g/mol. The fourth-order valence-corrected chi connectivity index (χ4v) is 1.69. The average Bonchev–Trinajstić information content (AvgIpc) is 2.53. The minimum absolute atomic E-state index is 0.00525. The first kappa shape index (κ1) is 11.6. The number of thiazole rings is 1. The van der Waals surface area contributed by atoms with E-state index in [4.69, 9.17) is 5.11 Å². The van der Waals surface area contributed by atoms with Crippen molar-refractivity contribution in [2.24, 2.45) is 5.92 Å². The highest BCUT2D eigenvalue weighted by molar-refractivity contribution is 7.13. The van der Waals surface area contributed by atoms with Gasteiger partial charge in [0.05, 0.1) is 0 Å². The van der Waals surface area contributed by atoms with Gasteiger partial charge in [0, 0.05) is 24.4 Å². The summed E-state index contributed by atoms with van der Waals surface area (Å²) in [5, 5.41) is 13.4. The lowest BCUT2D eigenvalue weighted by atomic mass is 10.0. The number of nitrogens with zero attached hydrogens (tertiary/aromatic N) is 1. The van der Waals surface area contributed by atoms with Gasteiger partial charge >= 0.3 is 5.97 Å². The van der Waals surface area contributed by atoms with E-state index in [2.05, 4.69) is 10.3 Å². The molecule has 0 spiro atoms. The monoisotopic (exact) mass is 228 g/mol. The number of hydrogen-bond acceptors (Lipinski definition) is 4. The molecule has 0 aromatic carbocycles. The molecule has 0 aliphatic rings. The summed E-state index contributed by atoms with van der Waals surface area (Å²) in [5.41, 5.74) is 0. The number of amides is 1. The molecular formula is C9H12N2O3S. The van der Waals surface area contributed by atoms with Crippen molar-refractivity contribution in [3.05, 3.63) is 11.6 Å². The van der Waals surface area contributed by atoms with E-state index in [1.165, 1.54) is 11.3 Å². The second kappa shape index (κ2) is 5.45. The summed E-state index contributed by atoms with van der Waals surface area (Å²) in [4.78, 5) is 25.6. The van der Waals surface area contributed by atoms with Crippen LogP contribution in [-0.4, -0.2) is 22.0 Å². The number of aliphatic carboxylic acids is 1. The van der Waals surface area contributed by atoms with Gasteiger partial charge in [-0.2, -0.15) is 0 Å². The molecule has 0 aliphatic carbocycles. The van der Waals surface area contributed by atoms with Gasteiger partial charge in [0.25, 0.3) is 0 Å². The third-order valence-corrected chi connectivity index (χ3v) is 2.42. The molecule has 2 N–H and O–H groups in total. The summed E-state index contributed by atoms with van der Waals surface area (Å²) in [6.07, 6.45) is 1.80. The van der Waals surface area contributed by atoms with E-state index in [1.807, 2.05) is 0 Å². The number of carboxylic acid groups (broad SMARTS) is 1. The molecule has 0 fully saturated rings. The van der Waals surface area contributed by atoms with Crippen LogP contribution in [0.3, 0.4) is 0 Å². The molecule has 1 aromatic heterocycles. The van der Waals surface area contributed by atoms with E-state index in [-0.39, 0.29) is 24.7 Å². The zero-order valence-electron chi connectivity index (χ0n) is 8.27. The van der Waals surface area contributed by atoms with Crippen molar-refractivity contribution in [3.8, 4) is 0 Å². The number of anilines is 1. The topological polar surface area (TPSA) is 79.3 Å². The van der Waals surface area contributed by atoms with E-state index >= 15 is 0 Å². The first-order chi connectivity index (χ1) is 7.08. The highest BCUT2D eigenvalue weighted by Crippen LogP contribution is 2.13. The van der Waals surface area contributed by atoms with Gasteiger partial charge in [-0.25, -0.2) is 4.98 Å². The molecule has 5 nitrogen and oxygen atoms in total. The maximum Gasteiger partial charge on any atom is 0.303 e. The molecule has 0 aliphatic heterocycles. The molecular weight excluding hydrogens is 216 g/mol. The molecule has 1 rings (SSSR count). The van der Waals surface area contributed by atoms with Crippen molar-refractivity contribution in [3.63, 3.8) is 0 Å². The van der Waals surface area contributed by atoms with Crippen molar-refractivity contribution in [2.75, 3.05) is 5.32 Å². The fourth-order valence-electron chi connectivity index (χ4n) is 1.14. The predicted molar refractivity (Wildman–Crippen MR) is 56.8 cm³/mol. The van der Waals surface area contributed by atoms with Gasteiger partial charge in [0.1, 0.15) is 0 Å². The number of carbonyl (C=O) groups excluding carboxylic acids is 1. The van der Waals surface area contributed by atoms with Crippen LogP contribution in [0.4, 0.5) is 5.13 Å². The summed E-state index contributed by atoms with van der Waals surface area (Å²) in [6, 6.07) is 0. The van der Waals surface area contributed by atoms with Crippen LogP contribution in [-0.2, 0) is 9.59 Å². The van der Waals surface area contributed by atoms with Gasteiger partial charge in [-0.3, -0.25) is 9.59 Å². The van der Waals surface area contributed by atoms with E-state index in [1.54, 1.807) is 18.5 Å². The third kappa shape index (κ3) is 4.55. The van der Waals surface area contributed by atoms with Crippen LogP contribution in [0.25, 0.3) is 0 Å². The normalized spacial score (nSPS) is 12.1. The number of hydrogen-bond donors (Lipinski definition) is 2. The Kier molecular flexibility index (Phi) is 4.23. The van der Waals surface area contributed by atoms with Crippen molar-refractivity contribution in [1.82, 2.24) is 4.98 Å². The van der Waals surface area contributed by atoms with Crippen LogP contribution in [0.5, 0.6) is 0 Å². The van der Waals surface area contributed by atoms with Gasteiger partial charge < -0.3 is 10.4 Å². The van der Waals surface area contributed by atoms with Gasteiger partial charge in [0.15, 0.2) is 5.13 Å². The van der Waals surface area contributed by atoms with Crippen molar-refractivity contribution in [1.29, 1.82) is 0 Å². The molecule has 0 saturated heterocycles. The lowest BCUT2D eigenvalue weighted by Gasteiger charge is -2.07. The van der Waals surface area contributed by atoms with Crippen molar-refractivity contribution in [2.45, 2.75) is 19.8 Å². The molecule has 1 atom stereocenters. The standard InChI is InChI=1S/C9H12N2O3S/c1-6(5-8(13)14)4-7(12)11-9-10-2-3-15-9/h2-3,6H,4-5H2,1H3,(H,13,14)(H,10,11,12)/t6-/m0/s1. The van der Waals surface area contributed by atoms with Crippen LogP contribution < -0.4 is 5.32 Å². The number of carbonyl (C=O) groups is 2. The Morgan fingerprint density at radius 1 is 1.60 bits per heavy atom. The Morgan fingerprint density at radius 3 is 2.87 bits per heavy atom. The minimum Gasteiger partial charge on any atom is -0.481 e. The van der Waals surface area contributed by atoms with Crippen LogP contribution in [0, 0.1) is 5.92 Å². The first-order valence-electron chi connectivity index (χ1n) is 4.49. The van der Waals surface area contributed by atoms with Gasteiger partial charge in [-0.15, -0.1) is 11.3 Å². The maximum absolute atomic E-state index is 11.4. The van der Waals surface area contributed by atoms with Crippen LogP contribution in [0.1, 0.15) is 19.8 Å². The second-order valence-corrected chi connectivity index (χ2v) is 4.19. The Morgan fingerprint density at radius 2 is 2.33 bits per heavy atom. The molecule has 0 bridgehead atoms. The number of carboxylic acids is 1. The summed E-state index contributed by atoms with van der Waals surface area (Å²) in [7, 11) is 0. The Bertz CT molecular complexity index is 337. The summed E-state index contributed by atoms with van der Waals surface area (Å²) >= 11 is 1.33. The van der Waals surface area contributed by atoms with Gasteiger partial charge in [0.2, 0.25) is 5.91 Å². The molecule has 1 aromatic rings. The van der Waals surface area contributed by atoms with Crippen LogP contribution in [0.15, 0.2) is 11.6 Å². The number of aromatic nitrogens is 1. The third-order valence-electron chi connectivity index (χ3n) is 1.74. The fraction of sp³-hybridized carbons (Fsp3) is 0.444. The Labute approximate surface area is 91.1 Å². The lowest BCUT2D eigenvalue weighted by Crippen LogP contribution is -2.16. The van der Waals surface area contributed by atoms with Crippen LogP contribution >= 0.6 is 11.3 Å². The van der Waals surface area contributed by atoms with E-state index in [0.717, 1.165) is 0 Å². The van der Waals surface area contributed by atoms with E-state index in [9.17, 15) is 9.59 Å². The minimum atomic E-state index is -0.885. The van der Waals surface area contributed by atoms with E-state index < -0.39 is 5.97 Å². The molecule has 0 radical (unpaired) electrons. The number of rotatable bonds is 5. The SMILES string of the molecule is C[C@H](CC(=O)O)CC(=O)Nc1nccs1. The van der Waals surface area contributed by atoms with Crippen molar-refractivity contribution >= 4 is 28.3 Å². The van der Waals surface area contributed by atoms with Gasteiger partial charge in [-0.05, 0) is 5.92 Å². The first-order valence-corrected chi connectivity index (χ1v) is 5.37. The maximum atomic E-state index is 11.4. The second-order valence-electron chi connectivity index (χ2n) is 3.29. The quantitative estimate of drug-likeness (QED) is 0.802. The molecule has 1 amide bonds. The molecule has 82 valence electrons. The molecule has 6 heteroatoms. The number of nitrogens with one attached hydrogen (secondary N) is 1. The largest absolute Gasteiger partial charge is 0.481 e. The van der Waals surface area contributed by atoms with Crippen molar-refractivity contribution < 1.29 is 14.7 Å². The summed E-state index contributed by atoms with van der Waals surface area (Å²) < 4.78 is 0.